The summed E-state index contributed by atoms with van der Waals surface area (Å²) in [6, 6.07) is 17.1. The van der Waals surface area contributed by atoms with Gasteiger partial charge in [0.05, 0.1) is 5.60 Å². The summed E-state index contributed by atoms with van der Waals surface area (Å²) in [6.45, 7) is 3.24. The van der Waals surface area contributed by atoms with Gasteiger partial charge in [-0.25, -0.2) is 4.39 Å². The van der Waals surface area contributed by atoms with Crippen LogP contribution in [0.2, 0.25) is 0 Å². The number of benzene rings is 2. The molecule has 1 aliphatic heterocycles. The van der Waals surface area contributed by atoms with Crippen molar-refractivity contribution in [1.82, 2.24) is 4.90 Å². The summed E-state index contributed by atoms with van der Waals surface area (Å²) in [5.41, 5.74) is 1.47. The largest absolute Gasteiger partial charge is 0.385 e. The molecule has 0 spiro atoms. The second-order valence-electron chi connectivity index (χ2n) is 7.81. The molecule has 2 aliphatic rings. The summed E-state index contributed by atoms with van der Waals surface area (Å²) in [7, 11) is 0. The van der Waals surface area contributed by atoms with Gasteiger partial charge in [-0.15, -0.1) is 0 Å². The van der Waals surface area contributed by atoms with E-state index >= 15 is 0 Å². The van der Waals surface area contributed by atoms with Crippen molar-refractivity contribution < 1.29 is 9.50 Å². The van der Waals surface area contributed by atoms with Crippen LogP contribution in [0.15, 0.2) is 54.6 Å². The lowest BCUT2D eigenvalue weighted by Crippen LogP contribution is -2.46. The Hall–Kier alpha value is -1.71. The predicted octanol–water partition coefficient (Wildman–Crippen LogP) is 4.34. The standard InChI is InChI=1S/C22H26FNO/c23-21-8-6-20(7-9-21)22(25)12-10-19-16-24(13-11-18(19)14-22)15-17-4-2-1-3-5-17/h1-9,18-19,25H,10-16H2/t18-,19-,22?/m1/s1. The first kappa shape index (κ1) is 16.7. The minimum atomic E-state index is -0.781. The van der Waals surface area contributed by atoms with Gasteiger partial charge in [0.15, 0.2) is 0 Å². The monoisotopic (exact) mass is 339 g/mol. The van der Waals surface area contributed by atoms with Gasteiger partial charge < -0.3 is 5.11 Å². The highest BCUT2D eigenvalue weighted by Gasteiger charge is 2.42. The van der Waals surface area contributed by atoms with Crippen molar-refractivity contribution in [2.75, 3.05) is 13.1 Å². The average Bonchev–Trinajstić information content (AvgIpc) is 2.63. The van der Waals surface area contributed by atoms with Crippen molar-refractivity contribution in [2.24, 2.45) is 11.8 Å². The Morgan fingerprint density at radius 2 is 1.76 bits per heavy atom. The fourth-order valence-electron chi connectivity index (χ4n) is 4.72. The number of fused-ring (bicyclic) bond motifs is 1. The Kier molecular flexibility index (Phi) is 4.61. The first-order chi connectivity index (χ1) is 12.1. The van der Waals surface area contributed by atoms with Gasteiger partial charge in [0.1, 0.15) is 5.82 Å². The smallest absolute Gasteiger partial charge is 0.123 e. The molecule has 1 saturated heterocycles. The number of halogens is 1. The molecule has 2 aromatic carbocycles. The van der Waals surface area contributed by atoms with E-state index in [1.165, 1.54) is 17.7 Å². The molecule has 2 fully saturated rings. The average molecular weight is 339 g/mol. The van der Waals surface area contributed by atoms with Gasteiger partial charge in [-0.3, -0.25) is 4.90 Å². The van der Waals surface area contributed by atoms with Gasteiger partial charge >= 0.3 is 0 Å². The molecular weight excluding hydrogens is 313 g/mol. The van der Waals surface area contributed by atoms with Crippen molar-refractivity contribution in [3.8, 4) is 0 Å². The molecule has 3 atom stereocenters. The zero-order valence-electron chi connectivity index (χ0n) is 14.6. The summed E-state index contributed by atoms with van der Waals surface area (Å²) in [5, 5.41) is 11.1. The molecule has 0 aromatic heterocycles. The van der Waals surface area contributed by atoms with Crippen LogP contribution >= 0.6 is 0 Å². The van der Waals surface area contributed by atoms with Crippen LogP contribution in [-0.2, 0) is 12.1 Å². The van der Waals surface area contributed by atoms with Gasteiger partial charge in [-0.05, 0) is 67.3 Å². The first-order valence-corrected chi connectivity index (χ1v) is 9.37. The van der Waals surface area contributed by atoms with Crippen molar-refractivity contribution in [1.29, 1.82) is 0 Å². The Morgan fingerprint density at radius 1 is 1.00 bits per heavy atom. The lowest BCUT2D eigenvalue weighted by atomic mass is 9.66. The number of hydrogen-bond acceptors (Lipinski definition) is 2. The Bertz CT molecular complexity index is 702. The number of piperidine rings is 1. The lowest BCUT2D eigenvalue weighted by Gasteiger charge is -2.47. The molecule has 0 bridgehead atoms. The van der Waals surface area contributed by atoms with Crippen LogP contribution in [-0.4, -0.2) is 23.1 Å². The van der Waals surface area contributed by atoms with E-state index in [2.05, 4.69) is 35.2 Å². The summed E-state index contributed by atoms with van der Waals surface area (Å²) < 4.78 is 13.2. The van der Waals surface area contributed by atoms with Crippen molar-refractivity contribution in [3.05, 3.63) is 71.5 Å². The third-order valence-corrected chi connectivity index (χ3v) is 6.13. The molecule has 1 saturated carbocycles. The van der Waals surface area contributed by atoms with E-state index in [1.807, 2.05) is 0 Å². The van der Waals surface area contributed by atoms with Gasteiger partial charge in [-0.1, -0.05) is 42.5 Å². The maximum absolute atomic E-state index is 13.2. The summed E-state index contributed by atoms with van der Waals surface area (Å²) in [6.07, 6.45) is 3.77. The van der Waals surface area contributed by atoms with Crippen LogP contribution in [0.4, 0.5) is 4.39 Å². The normalized spacial score (nSPS) is 30.0. The molecule has 25 heavy (non-hydrogen) atoms. The highest BCUT2D eigenvalue weighted by Crippen LogP contribution is 2.46. The van der Waals surface area contributed by atoms with Crippen LogP contribution in [0.5, 0.6) is 0 Å². The summed E-state index contributed by atoms with van der Waals surface area (Å²) in [4.78, 5) is 2.55. The van der Waals surface area contributed by atoms with Crippen molar-refractivity contribution >= 4 is 0 Å². The molecule has 0 amide bonds. The number of aliphatic hydroxyl groups is 1. The lowest BCUT2D eigenvalue weighted by molar-refractivity contribution is -0.0616. The second kappa shape index (κ2) is 6.89. The van der Waals surface area contributed by atoms with Crippen LogP contribution in [0.25, 0.3) is 0 Å². The fourth-order valence-corrected chi connectivity index (χ4v) is 4.72. The van der Waals surface area contributed by atoms with Crippen LogP contribution in [0.1, 0.15) is 36.8 Å². The van der Waals surface area contributed by atoms with E-state index in [4.69, 9.17) is 0 Å². The molecule has 0 radical (unpaired) electrons. The Labute approximate surface area is 149 Å². The quantitative estimate of drug-likeness (QED) is 0.899. The van der Waals surface area contributed by atoms with Gasteiger partial charge in [-0.2, -0.15) is 0 Å². The number of hydrogen-bond donors (Lipinski definition) is 1. The second-order valence-corrected chi connectivity index (χ2v) is 7.81. The highest BCUT2D eigenvalue weighted by molar-refractivity contribution is 5.24. The van der Waals surface area contributed by atoms with Crippen molar-refractivity contribution in [3.63, 3.8) is 0 Å². The number of rotatable bonds is 3. The zero-order valence-corrected chi connectivity index (χ0v) is 14.6. The minimum absolute atomic E-state index is 0.241. The van der Waals surface area contributed by atoms with E-state index in [-0.39, 0.29) is 5.82 Å². The molecule has 4 rings (SSSR count). The van der Waals surface area contributed by atoms with E-state index < -0.39 is 5.60 Å². The minimum Gasteiger partial charge on any atom is -0.385 e. The predicted molar refractivity (Wildman–Crippen MR) is 97.5 cm³/mol. The van der Waals surface area contributed by atoms with Crippen LogP contribution < -0.4 is 0 Å². The molecular formula is C22H26FNO. The maximum Gasteiger partial charge on any atom is 0.123 e. The summed E-state index contributed by atoms with van der Waals surface area (Å²) in [5.74, 6) is 0.990. The third-order valence-electron chi connectivity index (χ3n) is 6.13. The SMILES string of the molecule is OC1(c2ccc(F)cc2)CC[C@@H]2CN(Cc3ccccc3)CC[C@@H]2C1. The van der Waals surface area contributed by atoms with E-state index in [1.54, 1.807) is 12.1 Å². The molecule has 132 valence electrons. The van der Waals surface area contributed by atoms with E-state index in [0.717, 1.165) is 50.9 Å². The van der Waals surface area contributed by atoms with Gasteiger partial charge in [0.2, 0.25) is 0 Å². The molecule has 1 aliphatic carbocycles. The maximum atomic E-state index is 13.2. The van der Waals surface area contributed by atoms with E-state index in [9.17, 15) is 9.50 Å². The van der Waals surface area contributed by atoms with Gasteiger partial charge in [0, 0.05) is 13.1 Å². The van der Waals surface area contributed by atoms with Crippen molar-refractivity contribution in [2.45, 2.75) is 37.8 Å². The topological polar surface area (TPSA) is 23.5 Å². The summed E-state index contributed by atoms with van der Waals surface area (Å²) >= 11 is 0. The van der Waals surface area contributed by atoms with Gasteiger partial charge in [0.25, 0.3) is 0 Å². The van der Waals surface area contributed by atoms with Crippen LogP contribution in [0, 0.1) is 17.7 Å². The Morgan fingerprint density at radius 3 is 2.52 bits per heavy atom. The first-order valence-electron chi connectivity index (χ1n) is 9.37. The highest BCUT2D eigenvalue weighted by atomic mass is 19.1. The van der Waals surface area contributed by atoms with Crippen LogP contribution in [0.3, 0.4) is 0 Å². The molecule has 2 aromatic rings. The zero-order chi connectivity index (χ0) is 17.3. The Balaban J connectivity index is 1.40. The molecule has 1 unspecified atom stereocenters. The molecule has 2 nitrogen and oxygen atoms in total. The number of likely N-dealkylation sites (tertiary alicyclic amines) is 1. The molecule has 1 heterocycles. The third kappa shape index (κ3) is 3.63. The molecule has 1 N–H and O–H groups in total. The number of nitrogens with zero attached hydrogens (tertiary/aromatic N) is 1. The van der Waals surface area contributed by atoms with E-state index in [0.29, 0.717) is 11.8 Å². The fraction of sp³-hybridized carbons (Fsp3) is 0.455. The molecule has 3 heteroatoms.